The van der Waals surface area contributed by atoms with Crippen molar-refractivity contribution in [3.8, 4) is 0 Å². The zero-order valence-corrected chi connectivity index (χ0v) is 13.3. The van der Waals surface area contributed by atoms with Crippen LogP contribution in [0.1, 0.15) is 23.2 Å². The SMILES string of the molecule is CNCC1CCCN(C(=O)c2ccc(S(C)(=O)=O)cc2)C1. The van der Waals surface area contributed by atoms with E-state index in [4.69, 9.17) is 0 Å². The summed E-state index contributed by atoms with van der Waals surface area (Å²) >= 11 is 0. The summed E-state index contributed by atoms with van der Waals surface area (Å²) in [4.78, 5) is 14.6. The summed E-state index contributed by atoms with van der Waals surface area (Å²) in [6, 6.07) is 6.19. The minimum atomic E-state index is -3.22. The lowest BCUT2D eigenvalue weighted by Gasteiger charge is -2.32. The van der Waals surface area contributed by atoms with Gasteiger partial charge in [0, 0.05) is 24.9 Å². The largest absolute Gasteiger partial charge is 0.338 e. The van der Waals surface area contributed by atoms with Gasteiger partial charge in [0.1, 0.15) is 0 Å². The fourth-order valence-electron chi connectivity index (χ4n) is 2.73. The number of benzene rings is 1. The average Bonchev–Trinajstić information content (AvgIpc) is 2.46. The standard InChI is InChI=1S/C15H22N2O3S/c1-16-10-12-4-3-9-17(11-12)15(18)13-5-7-14(8-6-13)21(2,19)20/h5-8,12,16H,3-4,9-11H2,1-2H3. The number of likely N-dealkylation sites (tertiary alicyclic amines) is 1. The first-order chi connectivity index (χ1) is 9.91. The van der Waals surface area contributed by atoms with Crippen LogP contribution in [0.5, 0.6) is 0 Å². The Balaban J connectivity index is 2.09. The fourth-order valence-corrected chi connectivity index (χ4v) is 3.36. The smallest absolute Gasteiger partial charge is 0.253 e. The van der Waals surface area contributed by atoms with E-state index in [9.17, 15) is 13.2 Å². The predicted octanol–water partition coefficient (Wildman–Crippen LogP) is 1.16. The van der Waals surface area contributed by atoms with E-state index in [0.717, 1.165) is 38.7 Å². The Morgan fingerprint density at radius 2 is 2.00 bits per heavy atom. The second-order valence-corrected chi connectivity index (χ2v) is 7.63. The van der Waals surface area contributed by atoms with Crippen molar-refractivity contribution in [1.29, 1.82) is 0 Å². The molecule has 1 aromatic carbocycles. The van der Waals surface area contributed by atoms with E-state index >= 15 is 0 Å². The summed E-state index contributed by atoms with van der Waals surface area (Å²) in [5.74, 6) is 0.471. The number of hydrogen-bond donors (Lipinski definition) is 1. The van der Waals surface area contributed by atoms with Gasteiger partial charge in [0.25, 0.3) is 5.91 Å². The zero-order chi connectivity index (χ0) is 15.5. The average molecular weight is 310 g/mol. The maximum absolute atomic E-state index is 12.5. The molecule has 1 atom stereocenters. The molecule has 1 N–H and O–H groups in total. The molecule has 1 aliphatic rings. The summed E-state index contributed by atoms with van der Waals surface area (Å²) < 4.78 is 22.9. The first-order valence-corrected chi connectivity index (χ1v) is 9.05. The predicted molar refractivity (Wildman–Crippen MR) is 82.1 cm³/mol. The van der Waals surface area contributed by atoms with Gasteiger partial charge >= 0.3 is 0 Å². The summed E-state index contributed by atoms with van der Waals surface area (Å²) in [7, 11) is -1.30. The van der Waals surface area contributed by atoms with E-state index in [0.29, 0.717) is 11.5 Å². The van der Waals surface area contributed by atoms with E-state index in [1.165, 1.54) is 12.1 Å². The number of piperidine rings is 1. The van der Waals surface area contributed by atoms with Gasteiger partial charge in [-0.15, -0.1) is 0 Å². The van der Waals surface area contributed by atoms with E-state index in [1.54, 1.807) is 12.1 Å². The fraction of sp³-hybridized carbons (Fsp3) is 0.533. The van der Waals surface area contributed by atoms with Gasteiger partial charge in [-0.1, -0.05) is 0 Å². The van der Waals surface area contributed by atoms with Gasteiger partial charge in [-0.3, -0.25) is 4.79 Å². The minimum absolute atomic E-state index is 0.0177. The number of amides is 1. The Bertz CT molecular complexity index is 594. The number of rotatable bonds is 4. The van der Waals surface area contributed by atoms with E-state index in [-0.39, 0.29) is 10.8 Å². The summed E-state index contributed by atoms with van der Waals surface area (Å²) in [5, 5.41) is 3.16. The van der Waals surface area contributed by atoms with Crippen molar-refractivity contribution in [2.45, 2.75) is 17.7 Å². The number of carbonyl (C=O) groups is 1. The van der Waals surface area contributed by atoms with Gasteiger partial charge in [-0.05, 0) is 56.6 Å². The van der Waals surface area contributed by atoms with Crippen molar-refractivity contribution < 1.29 is 13.2 Å². The molecule has 0 radical (unpaired) electrons. The molecule has 116 valence electrons. The van der Waals surface area contributed by atoms with Crippen LogP contribution in [0.3, 0.4) is 0 Å². The monoisotopic (exact) mass is 310 g/mol. The third-order valence-corrected chi connectivity index (χ3v) is 4.96. The van der Waals surface area contributed by atoms with Crippen LogP contribution >= 0.6 is 0 Å². The highest BCUT2D eigenvalue weighted by molar-refractivity contribution is 7.90. The molecular weight excluding hydrogens is 288 g/mol. The Hall–Kier alpha value is -1.40. The molecule has 0 spiro atoms. The number of sulfone groups is 1. The second kappa shape index (κ2) is 6.58. The Morgan fingerprint density at radius 1 is 1.33 bits per heavy atom. The normalized spacial score (nSPS) is 19.5. The van der Waals surface area contributed by atoms with Crippen LogP contribution in [0.2, 0.25) is 0 Å². The third-order valence-electron chi connectivity index (χ3n) is 3.83. The molecule has 2 rings (SSSR count). The number of nitrogens with one attached hydrogen (secondary N) is 1. The Morgan fingerprint density at radius 3 is 2.57 bits per heavy atom. The quantitative estimate of drug-likeness (QED) is 0.906. The molecule has 0 aromatic heterocycles. The van der Waals surface area contributed by atoms with Crippen molar-refractivity contribution >= 4 is 15.7 Å². The number of nitrogens with zero attached hydrogens (tertiary/aromatic N) is 1. The van der Waals surface area contributed by atoms with E-state index < -0.39 is 9.84 Å². The third kappa shape index (κ3) is 4.04. The molecular formula is C15H22N2O3S. The van der Waals surface area contributed by atoms with Gasteiger partial charge in [-0.2, -0.15) is 0 Å². The van der Waals surface area contributed by atoms with Crippen molar-refractivity contribution in [3.05, 3.63) is 29.8 Å². The van der Waals surface area contributed by atoms with Crippen molar-refractivity contribution in [1.82, 2.24) is 10.2 Å². The van der Waals surface area contributed by atoms with Crippen LogP contribution in [0.15, 0.2) is 29.2 Å². The van der Waals surface area contributed by atoms with Gasteiger partial charge in [0.15, 0.2) is 9.84 Å². The highest BCUT2D eigenvalue weighted by Crippen LogP contribution is 2.19. The highest BCUT2D eigenvalue weighted by atomic mass is 32.2. The topological polar surface area (TPSA) is 66.5 Å². The maximum Gasteiger partial charge on any atom is 0.253 e. The molecule has 1 aliphatic heterocycles. The van der Waals surface area contributed by atoms with Crippen LogP contribution in [0, 0.1) is 5.92 Å². The highest BCUT2D eigenvalue weighted by Gasteiger charge is 2.24. The molecule has 1 heterocycles. The van der Waals surface area contributed by atoms with Crippen LogP contribution in [-0.4, -0.2) is 52.2 Å². The van der Waals surface area contributed by atoms with Gasteiger partial charge < -0.3 is 10.2 Å². The molecule has 6 heteroatoms. The number of carbonyl (C=O) groups excluding carboxylic acids is 1. The molecule has 21 heavy (non-hydrogen) atoms. The zero-order valence-electron chi connectivity index (χ0n) is 12.5. The van der Waals surface area contributed by atoms with Crippen molar-refractivity contribution in [3.63, 3.8) is 0 Å². The molecule has 0 aliphatic carbocycles. The number of hydrogen-bond acceptors (Lipinski definition) is 4. The Labute approximate surface area is 126 Å². The lowest BCUT2D eigenvalue weighted by Crippen LogP contribution is -2.42. The van der Waals surface area contributed by atoms with Crippen LogP contribution in [0.25, 0.3) is 0 Å². The van der Waals surface area contributed by atoms with Crippen LogP contribution in [-0.2, 0) is 9.84 Å². The molecule has 1 aromatic rings. The van der Waals surface area contributed by atoms with Gasteiger partial charge in [0.05, 0.1) is 4.90 Å². The van der Waals surface area contributed by atoms with E-state index in [2.05, 4.69) is 5.32 Å². The lowest BCUT2D eigenvalue weighted by molar-refractivity contribution is 0.0674. The minimum Gasteiger partial charge on any atom is -0.338 e. The molecule has 1 amide bonds. The van der Waals surface area contributed by atoms with Crippen LogP contribution < -0.4 is 5.32 Å². The van der Waals surface area contributed by atoms with Gasteiger partial charge in [0.2, 0.25) is 0 Å². The molecule has 0 saturated carbocycles. The molecule has 0 bridgehead atoms. The van der Waals surface area contributed by atoms with E-state index in [1.807, 2.05) is 11.9 Å². The molecule has 1 fully saturated rings. The lowest BCUT2D eigenvalue weighted by atomic mass is 9.97. The second-order valence-electron chi connectivity index (χ2n) is 5.61. The Kier molecular flexibility index (Phi) is 5.00. The molecule has 5 nitrogen and oxygen atoms in total. The first-order valence-electron chi connectivity index (χ1n) is 7.16. The summed E-state index contributed by atoms with van der Waals surface area (Å²) in [5.41, 5.74) is 0.549. The summed E-state index contributed by atoms with van der Waals surface area (Å²) in [6.07, 6.45) is 3.31. The first kappa shape index (κ1) is 16.0. The maximum atomic E-state index is 12.5. The summed E-state index contributed by atoms with van der Waals surface area (Å²) in [6.45, 7) is 2.44. The van der Waals surface area contributed by atoms with Gasteiger partial charge in [-0.25, -0.2) is 8.42 Å². The van der Waals surface area contributed by atoms with Crippen molar-refractivity contribution in [2.75, 3.05) is 32.9 Å². The van der Waals surface area contributed by atoms with Crippen LogP contribution in [0.4, 0.5) is 0 Å². The molecule has 1 unspecified atom stereocenters. The molecule has 1 saturated heterocycles. The van der Waals surface area contributed by atoms with Crippen molar-refractivity contribution in [2.24, 2.45) is 5.92 Å².